The predicted octanol–water partition coefficient (Wildman–Crippen LogP) is 3.15. The number of rotatable bonds is 3. The van der Waals surface area contributed by atoms with Gasteiger partial charge in [0.1, 0.15) is 5.82 Å². The summed E-state index contributed by atoms with van der Waals surface area (Å²) in [7, 11) is 0. The van der Waals surface area contributed by atoms with Gasteiger partial charge in [-0.15, -0.1) is 0 Å². The fraction of sp³-hybridized carbons (Fsp3) is 0.619. The van der Waals surface area contributed by atoms with E-state index in [1.807, 2.05) is 0 Å². The molecule has 1 aromatic carbocycles. The Hall–Kier alpha value is -1.88. The summed E-state index contributed by atoms with van der Waals surface area (Å²) >= 11 is 0. The molecule has 1 N–H and O–H groups in total. The zero-order valence-corrected chi connectivity index (χ0v) is 15.9. The average molecular weight is 354 g/mol. The lowest BCUT2D eigenvalue weighted by Gasteiger charge is -2.37. The number of hydrogen-bond donors (Lipinski definition) is 1. The molecule has 0 unspecified atom stereocenters. The monoisotopic (exact) mass is 354 g/mol. The van der Waals surface area contributed by atoms with E-state index in [-0.39, 0.29) is 5.92 Å². The first-order valence-electron chi connectivity index (χ1n) is 10.2. The fourth-order valence-corrected chi connectivity index (χ4v) is 4.71. The predicted molar refractivity (Wildman–Crippen MR) is 104 cm³/mol. The molecule has 0 spiro atoms. The van der Waals surface area contributed by atoms with Gasteiger partial charge in [0.05, 0.1) is 11.0 Å². The highest BCUT2D eigenvalue weighted by molar-refractivity contribution is 5.79. The molecule has 0 saturated carbocycles. The first kappa shape index (κ1) is 17.5. The summed E-state index contributed by atoms with van der Waals surface area (Å²) < 4.78 is 2.43. The number of benzene rings is 1. The van der Waals surface area contributed by atoms with Gasteiger partial charge in [-0.25, -0.2) is 4.98 Å². The van der Waals surface area contributed by atoms with Crippen LogP contribution in [0.5, 0.6) is 0 Å². The Morgan fingerprint density at radius 3 is 2.73 bits per heavy atom. The Morgan fingerprint density at radius 1 is 1.23 bits per heavy atom. The minimum atomic E-state index is 0.211. The molecular weight excluding hydrogens is 324 g/mol. The van der Waals surface area contributed by atoms with E-state index in [1.54, 1.807) is 0 Å². The molecule has 2 atom stereocenters. The molecule has 0 aliphatic carbocycles. The maximum Gasteiger partial charge on any atom is 0.225 e. The number of carbonyl (C=O) groups excluding carboxylic acids is 1. The van der Waals surface area contributed by atoms with E-state index >= 15 is 0 Å². The molecule has 0 radical (unpaired) electrons. The van der Waals surface area contributed by atoms with Crippen molar-refractivity contribution in [2.75, 3.05) is 19.6 Å². The van der Waals surface area contributed by atoms with Crippen LogP contribution in [0, 0.1) is 5.92 Å². The van der Waals surface area contributed by atoms with Gasteiger partial charge < -0.3 is 14.8 Å². The minimum Gasteiger partial charge on any atom is -0.342 e. The number of nitrogens with zero attached hydrogens (tertiary/aromatic N) is 3. The summed E-state index contributed by atoms with van der Waals surface area (Å²) in [6.07, 6.45) is 4.96. The number of para-hydroxylation sites is 2. The van der Waals surface area contributed by atoms with Gasteiger partial charge in [0.15, 0.2) is 0 Å². The Morgan fingerprint density at radius 2 is 2.00 bits per heavy atom. The van der Waals surface area contributed by atoms with Gasteiger partial charge in [-0.3, -0.25) is 4.79 Å². The van der Waals surface area contributed by atoms with E-state index in [0.29, 0.717) is 18.0 Å². The van der Waals surface area contributed by atoms with Gasteiger partial charge in [0.2, 0.25) is 5.91 Å². The van der Waals surface area contributed by atoms with E-state index < -0.39 is 0 Å². The summed E-state index contributed by atoms with van der Waals surface area (Å²) in [5.74, 6) is 1.76. The van der Waals surface area contributed by atoms with Gasteiger partial charge in [-0.05, 0) is 51.3 Å². The summed E-state index contributed by atoms with van der Waals surface area (Å²) in [5, 5.41) is 3.44. The zero-order valence-electron chi connectivity index (χ0n) is 15.9. The van der Waals surface area contributed by atoms with Crippen LogP contribution in [0.1, 0.15) is 51.4 Å². The molecule has 2 aliphatic rings. The molecule has 140 valence electrons. The smallest absolute Gasteiger partial charge is 0.225 e. The number of nitrogens with one attached hydrogen (secondary N) is 1. The van der Waals surface area contributed by atoms with Crippen LogP contribution in [-0.2, 0) is 11.2 Å². The Labute approximate surface area is 155 Å². The molecule has 26 heavy (non-hydrogen) atoms. The quantitative estimate of drug-likeness (QED) is 0.921. The highest BCUT2D eigenvalue weighted by Crippen LogP contribution is 2.30. The largest absolute Gasteiger partial charge is 0.342 e. The van der Waals surface area contributed by atoms with Crippen LogP contribution in [0.25, 0.3) is 11.0 Å². The molecule has 4 rings (SSSR count). The van der Waals surface area contributed by atoms with E-state index in [4.69, 9.17) is 4.98 Å². The second-order valence-corrected chi connectivity index (χ2v) is 7.87. The van der Waals surface area contributed by atoms with Crippen LogP contribution >= 0.6 is 0 Å². The van der Waals surface area contributed by atoms with Gasteiger partial charge in [-0.2, -0.15) is 0 Å². The molecule has 2 saturated heterocycles. The molecule has 5 nitrogen and oxygen atoms in total. The SMILES string of the molecule is CCc1nc2ccccc2n1C1CCN(C(=O)[C@H]2CCN[C@@H](C)C2)CC1. The van der Waals surface area contributed by atoms with E-state index in [9.17, 15) is 4.79 Å². The van der Waals surface area contributed by atoms with Crippen LogP contribution < -0.4 is 5.32 Å². The van der Waals surface area contributed by atoms with Crippen LogP contribution in [-0.4, -0.2) is 46.0 Å². The third kappa shape index (κ3) is 3.25. The Kier molecular flexibility index (Phi) is 4.98. The normalized spacial score (nSPS) is 24.9. The van der Waals surface area contributed by atoms with Crippen LogP contribution in [0.3, 0.4) is 0 Å². The van der Waals surface area contributed by atoms with Crippen molar-refractivity contribution in [1.82, 2.24) is 19.8 Å². The topological polar surface area (TPSA) is 50.2 Å². The first-order valence-corrected chi connectivity index (χ1v) is 10.2. The highest BCUT2D eigenvalue weighted by Gasteiger charge is 2.32. The minimum absolute atomic E-state index is 0.211. The van der Waals surface area contributed by atoms with Gasteiger partial charge >= 0.3 is 0 Å². The van der Waals surface area contributed by atoms with E-state index in [2.05, 4.69) is 52.9 Å². The molecule has 2 aliphatic heterocycles. The number of imidazole rings is 1. The summed E-state index contributed by atoms with van der Waals surface area (Å²) in [5.41, 5.74) is 2.33. The molecular formula is C21H30N4O. The molecule has 1 amide bonds. The lowest BCUT2D eigenvalue weighted by Crippen LogP contribution is -2.46. The van der Waals surface area contributed by atoms with Crippen LogP contribution in [0.15, 0.2) is 24.3 Å². The number of amides is 1. The molecule has 1 aromatic heterocycles. The number of likely N-dealkylation sites (tertiary alicyclic amines) is 1. The number of fused-ring (bicyclic) bond motifs is 1. The summed E-state index contributed by atoms with van der Waals surface area (Å²) in [6, 6.07) is 9.34. The van der Waals surface area contributed by atoms with Crippen molar-refractivity contribution in [3.05, 3.63) is 30.1 Å². The molecule has 3 heterocycles. The van der Waals surface area contributed by atoms with Gasteiger partial charge in [0, 0.05) is 37.5 Å². The standard InChI is InChI=1S/C21H30N4O/c1-3-20-23-18-6-4-5-7-19(18)25(20)17-9-12-24(13-10-17)21(26)16-8-11-22-15(2)14-16/h4-7,15-17,22H,3,8-14H2,1-2H3/t15-,16-/m0/s1. The van der Waals surface area contributed by atoms with E-state index in [0.717, 1.165) is 57.3 Å². The lowest BCUT2D eigenvalue weighted by atomic mass is 9.91. The average Bonchev–Trinajstić information content (AvgIpc) is 3.06. The fourth-order valence-electron chi connectivity index (χ4n) is 4.71. The zero-order chi connectivity index (χ0) is 18.1. The second kappa shape index (κ2) is 7.39. The maximum atomic E-state index is 12.9. The molecule has 5 heteroatoms. The summed E-state index contributed by atoms with van der Waals surface area (Å²) in [6.45, 7) is 7.07. The first-order chi connectivity index (χ1) is 12.7. The number of aryl methyl sites for hydroxylation is 1. The third-order valence-corrected chi connectivity index (χ3v) is 6.10. The number of carbonyl (C=O) groups is 1. The Bertz CT molecular complexity index is 775. The van der Waals surface area contributed by atoms with Crippen molar-refractivity contribution in [2.24, 2.45) is 5.92 Å². The molecule has 2 fully saturated rings. The second-order valence-electron chi connectivity index (χ2n) is 7.87. The highest BCUT2D eigenvalue weighted by atomic mass is 16.2. The summed E-state index contributed by atoms with van der Waals surface area (Å²) in [4.78, 5) is 19.8. The number of hydrogen-bond acceptors (Lipinski definition) is 3. The van der Waals surface area contributed by atoms with Crippen LogP contribution in [0.2, 0.25) is 0 Å². The van der Waals surface area contributed by atoms with Gasteiger partial charge in [-0.1, -0.05) is 19.1 Å². The van der Waals surface area contributed by atoms with Crippen LogP contribution in [0.4, 0.5) is 0 Å². The van der Waals surface area contributed by atoms with Crippen molar-refractivity contribution in [3.63, 3.8) is 0 Å². The van der Waals surface area contributed by atoms with Crippen molar-refractivity contribution in [3.8, 4) is 0 Å². The maximum absolute atomic E-state index is 12.9. The Balaban J connectivity index is 1.46. The van der Waals surface area contributed by atoms with Crippen molar-refractivity contribution < 1.29 is 4.79 Å². The molecule has 2 aromatic rings. The number of aromatic nitrogens is 2. The molecule has 0 bridgehead atoms. The number of piperidine rings is 2. The van der Waals surface area contributed by atoms with Crippen molar-refractivity contribution in [1.29, 1.82) is 0 Å². The van der Waals surface area contributed by atoms with Crippen molar-refractivity contribution >= 4 is 16.9 Å². The third-order valence-electron chi connectivity index (χ3n) is 6.10. The lowest BCUT2D eigenvalue weighted by molar-refractivity contribution is -0.138. The van der Waals surface area contributed by atoms with Gasteiger partial charge in [0.25, 0.3) is 0 Å². The van der Waals surface area contributed by atoms with Crippen molar-refractivity contribution in [2.45, 2.75) is 58.0 Å². The van der Waals surface area contributed by atoms with E-state index in [1.165, 1.54) is 11.3 Å².